The fourth-order valence-corrected chi connectivity index (χ4v) is 3.45. The van der Waals surface area contributed by atoms with Crippen LogP contribution in [0.5, 0.6) is 5.75 Å². The summed E-state index contributed by atoms with van der Waals surface area (Å²) >= 11 is 0. The Kier molecular flexibility index (Phi) is 11.4. The van der Waals surface area contributed by atoms with Gasteiger partial charge in [0.05, 0.1) is 12.2 Å². The van der Waals surface area contributed by atoms with Crippen molar-refractivity contribution in [1.82, 2.24) is 10.2 Å². The summed E-state index contributed by atoms with van der Waals surface area (Å²) in [6.45, 7) is 5.55. The van der Waals surface area contributed by atoms with Crippen molar-refractivity contribution in [2.24, 2.45) is 0 Å². The third-order valence-corrected chi connectivity index (χ3v) is 5.34. The smallest absolute Gasteiger partial charge is 0.416 e. The van der Waals surface area contributed by atoms with Gasteiger partial charge in [0.1, 0.15) is 12.3 Å². The zero-order chi connectivity index (χ0) is 27.4. The fraction of sp³-hybridized carbons (Fsp3) is 0.444. The molecule has 0 spiro atoms. The van der Waals surface area contributed by atoms with E-state index in [9.17, 15) is 27.6 Å². The summed E-state index contributed by atoms with van der Waals surface area (Å²) in [5.74, 6) is -1.04. The number of rotatable bonds is 12. The van der Waals surface area contributed by atoms with Crippen molar-refractivity contribution in [3.8, 4) is 16.9 Å². The first kappa shape index (κ1) is 29.7. The zero-order valence-electron chi connectivity index (χ0n) is 21.3. The molecular formula is C27H33F3N2O5. The largest absolute Gasteiger partial charge is 0.449 e. The number of hydrogen-bond donors (Lipinski definition) is 1. The summed E-state index contributed by atoms with van der Waals surface area (Å²) in [5, 5.41) is 2.76. The van der Waals surface area contributed by atoms with E-state index in [2.05, 4.69) is 5.32 Å². The van der Waals surface area contributed by atoms with Crippen molar-refractivity contribution in [1.29, 1.82) is 0 Å². The SMILES string of the molecule is CCCCNC(=O)CN(Cc1cccc(-c2cc(C(F)(F)F)ccc2OC(C)=O)c1)C(=O)OCCCC. The second-order valence-electron chi connectivity index (χ2n) is 8.53. The minimum Gasteiger partial charge on any atom is -0.449 e. The molecule has 0 bridgehead atoms. The van der Waals surface area contributed by atoms with Crippen LogP contribution in [0.25, 0.3) is 11.1 Å². The van der Waals surface area contributed by atoms with Gasteiger partial charge in [-0.3, -0.25) is 14.5 Å². The molecule has 1 N–H and O–H groups in total. The first-order valence-corrected chi connectivity index (χ1v) is 12.2. The molecule has 0 aliphatic rings. The van der Waals surface area contributed by atoms with Gasteiger partial charge in [-0.25, -0.2) is 4.79 Å². The summed E-state index contributed by atoms with van der Waals surface area (Å²) in [5.41, 5.74) is 0.0824. The number of carbonyl (C=O) groups excluding carboxylic acids is 3. The van der Waals surface area contributed by atoms with E-state index < -0.39 is 23.8 Å². The molecule has 2 aromatic rings. The number of amides is 2. The molecule has 2 aromatic carbocycles. The van der Waals surface area contributed by atoms with E-state index in [0.717, 1.165) is 44.4 Å². The summed E-state index contributed by atoms with van der Waals surface area (Å²) in [6, 6.07) is 9.32. The summed E-state index contributed by atoms with van der Waals surface area (Å²) in [6.07, 6.45) is -2.05. The van der Waals surface area contributed by atoms with Crippen LogP contribution in [0, 0.1) is 0 Å². The number of esters is 1. The number of unbranched alkanes of at least 4 members (excludes halogenated alkanes) is 2. The molecule has 0 atom stereocenters. The predicted molar refractivity (Wildman–Crippen MR) is 133 cm³/mol. The molecule has 2 rings (SSSR count). The Hall–Kier alpha value is -3.56. The van der Waals surface area contributed by atoms with Gasteiger partial charge in [-0.2, -0.15) is 13.2 Å². The van der Waals surface area contributed by atoms with Gasteiger partial charge in [0.15, 0.2) is 0 Å². The number of carbonyl (C=O) groups is 3. The molecule has 0 aliphatic heterocycles. The molecule has 2 amide bonds. The predicted octanol–water partition coefficient (Wildman–Crippen LogP) is 5.95. The molecular weight excluding hydrogens is 489 g/mol. The number of nitrogens with zero attached hydrogens (tertiary/aromatic N) is 1. The third-order valence-electron chi connectivity index (χ3n) is 5.34. The molecule has 0 aromatic heterocycles. The topological polar surface area (TPSA) is 84.9 Å². The molecule has 0 fully saturated rings. The molecule has 0 saturated carbocycles. The van der Waals surface area contributed by atoms with Gasteiger partial charge in [0, 0.05) is 25.6 Å². The molecule has 0 unspecified atom stereocenters. The van der Waals surface area contributed by atoms with Crippen molar-refractivity contribution < 1.29 is 37.0 Å². The fourth-order valence-electron chi connectivity index (χ4n) is 3.45. The molecule has 37 heavy (non-hydrogen) atoms. The monoisotopic (exact) mass is 522 g/mol. The molecule has 0 saturated heterocycles. The van der Waals surface area contributed by atoms with Crippen LogP contribution in [0.15, 0.2) is 42.5 Å². The Morgan fingerprint density at radius 2 is 1.73 bits per heavy atom. The Balaban J connectivity index is 2.36. The summed E-state index contributed by atoms with van der Waals surface area (Å²) < 4.78 is 50.6. The molecule has 10 heteroatoms. The number of hydrogen-bond acceptors (Lipinski definition) is 5. The maximum atomic E-state index is 13.4. The van der Waals surface area contributed by atoms with Crippen molar-refractivity contribution in [2.75, 3.05) is 19.7 Å². The van der Waals surface area contributed by atoms with E-state index in [1.165, 1.54) is 4.90 Å². The lowest BCUT2D eigenvalue weighted by Gasteiger charge is -2.22. The summed E-state index contributed by atoms with van der Waals surface area (Å²) in [7, 11) is 0. The Labute approximate surface area is 214 Å². The van der Waals surface area contributed by atoms with Gasteiger partial charge in [-0.15, -0.1) is 0 Å². The third kappa shape index (κ3) is 9.78. The summed E-state index contributed by atoms with van der Waals surface area (Å²) in [4.78, 5) is 37.9. The Morgan fingerprint density at radius 1 is 1.00 bits per heavy atom. The first-order chi connectivity index (χ1) is 17.5. The molecule has 0 radical (unpaired) electrons. The number of nitrogens with one attached hydrogen (secondary N) is 1. The normalized spacial score (nSPS) is 11.1. The van der Waals surface area contributed by atoms with Crippen LogP contribution < -0.4 is 10.1 Å². The number of alkyl halides is 3. The van der Waals surface area contributed by atoms with Crippen molar-refractivity contribution in [2.45, 2.75) is 59.2 Å². The highest BCUT2D eigenvalue weighted by molar-refractivity contribution is 5.82. The molecule has 202 valence electrons. The quantitative estimate of drug-likeness (QED) is 0.211. The van der Waals surface area contributed by atoms with E-state index in [1.54, 1.807) is 24.3 Å². The maximum absolute atomic E-state index is 13.4. The van der Waals surface area contributed by atoms with Gasteiger partial charge in [0.25, 0.3) is 0 Å². The first-order valence-electron chi connectivity index (χ1n) is 12.2. The molecule has 0 aliphatic carbocycles. The molecule has 7 nitrogen and oxygen atoms in total. The lowest BCUT2D eigenvalue weighted by atomic mass is 9.99. The van der Waals surface area contributed by atoms with Crippen molar-refractivity contribution in [3.05, 3.63) is 53.6 Å². The molecule has 0 heterocycles. The minimum atomic E-state index is -4.59. The van der Waals surface area contributed by atoms with E-state index in [0.29, 0.717) is 24.1 Å². The second-order valence-corrected chi connectivity index (χ2v) is 8.53. The standard InChI is InChI=1S/C27H33F3N2O5/c1-4-6-13-31-25(34)18-32(26(35)36-14-7-5-2)17-20-9-8-10-21(15-20)23-16-22(27(28,29)30)11-12-24(23)37-19(3)33/h8-12,15-16H,4-7,13-14,17-18H2,1-3H3,(H,31,34). The maximum Gasteiger partial charge on any atom is 0.416 e. The van der Waals surface area contributed by atoms with Gasteiger partial charge in [-0.05, 0) is 48.2 Å². The van der Waals surface area contributed by atoms with E-state index in [-0.39, 0.29) is 36.9 Å². The van der Waals surface area contributed by atoms with Crippen molar-refractivity contribution in [3.63, 3.8) is 0 Å². The Bertz CT molecular complexity index is 1070. The average Bonchev–Trinajstić information content (AvgIpc) is 2.83. The van der Waals surface area contributed by atoms with Crippen LogP contribution in [-0.4, -0.2) is 42.6 Å². The highest BCUT2D eigenvalue weighted by atomic mass is 19.4. The van der Waals surface area contributed by atoms with Gasteiger partial charge in [-0.1, -0.05) is 44.9 Å². The minimum absolute atomic E-state index is 0.0120. The van der Waals surface area contributed by atoms with Crippen LogP contribution in [0.3, 0.4) is 0 Å². The highest BCUT2D eigenvalue weighted by Crippen LogP contribution is 2.37. The van der Waals surface area contributed by atoms with Crippen LogP contribution in [0.2, 0.25) is 0 Å². The average molecular weight is 523 g/mol. The van der Waals surface area contributed by atoms with Crippen molar-refractivity contribution >= 4 is 18.0 Å². The van der Waals surface area contributed by atoms with E-state index >= 15 is 0 Å². The lowest BCUT2D eigenvalue weighted by Crippen LogP contribution is -2.41. The van der Waals surface area contributed by atoms with Crippen LogP contribution >= 0.6 is 0 Å². The number of halogens is 3. The van der Waals surface area contributed by atoms with Gasteiger partial charge < -0.3 is 14.8 Å². The highest BCUT2D eigenvalue weighted by Gasteiger charge is 2.31. The van der Waals surface area contributed by atoms with Crippen LogP contribution in [0.1, 0.15) is 57.6 Å². The van der Waals surface area contributed by atoms with E-state index in [1.807, 2.05) is 13.8 Å². The van der Waals surface area contributed by atoms with Crippen LogP contribution in [-0.2, 0) is 27.0 Å². The van der Waals surface area contributed by atoms with Gasteiger partial charge >= 0.3 is 18.2 Å². The second kappa shape index (κ2) is 14.2. The number of benzene rings is 2. The van der Waals surface area contributed by atoms with Gasteiger partial charge in [0.2, 0.25) is 5.91 Å². The Morgan fingerprint density at radius 3 is 2.38 bits per heavy atom. The van der Waals surface area contributed by atoms with E-state index in [4.69, 9.17) is 9.47 Å². The zero-order valence-corrected chi connectivity index (χ0v) is 21.3. The van der Waals surface area contributed by atoms with Crippen LogP contribution in [0.4, 0.5) is 18.0 Å². The lowest BCUT2D eigenvalue weighted by molar-refractivity contribution is -0.137. The number of ether oxygens (including phenoxy) is 2.